The first-order chi connectivity index (χ1) is 12.3. The van der Waals surface area contributed by atoms with E-state index in [1.54, 1.807) is 18.6 Å². The highest BCUT2D eigenvalue weighted by Crippen LogP contribution is 2.33. The van der Waals surface area contributed by atoms with Crippen molar-refractivity contribution in [3.05, 3.63) is 47.9 Å². The molecule has 0 fully saturated rings. The number of aromatic amines is 1. The molecule has 0 aliphatic rings. The fourth-order valence-electron chi connectivity index (χ4n) is 3.45. The first-order valence-electron chi connectivity index (χ1n) is 8.79. The van der Waals surface area contributed by atoms with E-state index in [1.165, 1.54) is 0 Å². The highest BCUT2D eigenvalue weighted by molar-refractivity contribution is 5.82. The van der Waals surface area contributed by atoms with Crippen LogP contribution in [0.3, 0.4) is 0 Å². The molecule has 0 radical (unpaired) electrons. The lowest BCUT2D eigenvalue weighted by atomic mass is 9.82. The van der Waals surface area contributed by atoms with Crippen LogP contribution in [0.2, 0.25) is 0 Å². The van der Waals surface area contributed by atoms with Gasteiger partial charge in [0.05, 0.1) is 12.4 Å². The van der Waals surface area contributed by atoms with E-state index in [0.29, 0.717) is 0 Å². The van der Waals surface area contributed by atoms with Gasteiger partial charge in [-0.15, -0.1) is 0 Å². The molecule has 0 unspecified atom stereocenters. The standard InChI is InChI=1S/C20H23N5O/c1-19(2,3)18-14-8-12(22-11-16(14)25-26-18)9-20(4,5)17-13-6-7-21-10-15(13)23-24-17/h6-8,10-11H,9H2,1-5H3,(H,23,24). The zero-order valence-electron chi connectivity index (χ0n) is 15.8. The Morgan fingerprint density at radius 3 is 2.62 bits per heavy atom. The average Bonchev–Trinajstić information content (AvgIpc) is 3.18. The molecule has 0 aliphatic carbocycles. The first kappa shape index (κ1) is 16.7. The average molecular weight is 349 g/mol. The lowest BCUT2D eigenvalue weighted by molar-refractivity contribution is 0.336. The van der Waals surface area contributed by atoms with Crippen LogP contribution in [0.5, 0.6) is 0 Å². The second-order valence-electron chi connectivity index (χ2n) is 8.51. The molecule has 0 aromatic carbocycles. The number of fused-ring (bicyclic) bond motifs is 2. The molecule has 134 valence electrons. The third-order valence-corrected chi connectivity index (χ3v) is 4.76. The fraction of sp³-hybridized carbons (Fsp3) is 0.400. The summed E-state index contributed by atoms with van der Waals surface area (Å²) in [5.41, 5.74) is 3.53. The van der Waals surface area contributed by atoms with Crippen LogP contribution in [-0.4, -0.2) is 25.3 Å². The maximum absolute atomic E-state index is 5.58. The van der Waals surface area contributed by atoms with Crippen LogP contribution in [0.1, 0.15) is 51.8 Å². The van der Waals surface area contributed by atoms with Gasteiger partial charge in [0.25, 0.3) is 0 Å². The molecule has 6 nitrogen and oxygen atoms in total. The van der Waals surface area contributed by atoms with E-state index >= 15 is 0 Å². The molecule has 6 heteroatoms. The molecular formula is C20H23N5O. The van der Waals surface area contributed by atoms with Gasteiger partial charge in [-0.05, 0) is 12.1 Å². The molecule has 0 amide bonds. The molecule has 4 aromatic heterocycles. The molecule has 0 atom stereocenters. The summed E-state index contributed by atoms with van der Waals surface area (Å²) in [5, 5.41) is 13.9. The van der Waals surface area contributed by atoms with Crippen molar-refractivity contribution in [2.75, 3.05) is 0 Å². The van der Waals surface area contributed by atoms with Gasteiger partial charge in [0.2, 0.25) is 0 Å². The van der Waals surface area contributed by atoms with E-state index in [0.717, 1.165) is 45.4 Å². The molecule has 0 spiro atoms. The maximum atomic E-state index is 5.58. The van der Waals surface area contributed by atoms with Gasteiger partial charge >= 0.3 is 0 Å². The molecule has 0 saturated heterocycles. The Hall–Kier alpha value is -2.76. The Balaban J connectivity index is 1.74. The normalized spacial score (nSPS) is 13.0. The van der Waals surface area contributed by atoms with Crippen molar-refractivity contribution in [2.45, 2.75) is 51.9 Å². The fourth-order valence-corrected chi connectivity index (χ4v) is 3.45. The zero-order valence-corrected chi connectivity index (χ0v) is 15.8. The zero-order chi connectivity index (χ0) is 18.5. The van der Waals surface area contributed by atoms with Crippen LogP contribution >= 0.6 is 0 Å². The highest BCUT2D eigenvalue weighted by atomic mass is 16.5. The number of hydrogen-bond donors (Lipinski definition) is 1. The maximum Gasteiger partial charge on any atom is 0.150 e. The second kappa shape index (κ2) is 5.62. The van der Waals surface area contributed by atoms with E-state index in [1.807, 2.05) is 6.07 Å². The van der Waals surface area contributed by atoms with Gasteiger partial charge in [0.1, 0.15) is 16.8 Å². The molecule has 0 aliphatic heterocycles. The molecule has 1 N–H and O–H groups in total. The topological polar surface area (TPSA) is 80.5 Å². The van der Waals surface area contributed by atoms with E-state index in [-0.39, 0.29) is 10.8 Å². The van der Waals surface area contributed by atoms with Crippen molar-refractivity contribution in [1.29, 1.82) is 0 Å². The number of nitrogens with zero attached hydrogens (tertiary/aromatic N) is 4. The Morgan fingerprint density at radius 1 is 1.04 bits per heavy atom. The summed E-state index contributed by atoms with van der Waals surface area (Å²) in [6.07, 6.45) is 6.16. The van der Waals surface area contributed by atoms with Crippen molar-refractivity contribution >= 4 is 21.8 Å². The predicted octanol–water partition coefficient (Wildman–Crippen LogP) is 4.31. The molecule has 4 aromatic rings. The minimum Gasteiger partial charge on any atom is -0.360 e. The molecule has 0 saturated carbocycles. The predicted molar refractivity (Wildman–Crippen MR) is 101 cm³/mol. The Morgan fingerprint density at radius 2 is 1.85 bits per heavy atom. The number of aromatic nitrogens is 5. The molecule has 4 rings (SSSR count). The van der Waals surface area contributed by atoms with Gasteiger partial charge in [0.15, 0.2) is 0 Å². The third kappa shape index (κ3) is 2.75. The molecule has 26 heavy (non-hydrogen) atoms. The minimum absolute atomic E-state index is 0.102. The summed E-state index contributed by atoms with van der Waals surface area (Å²) < 4.78 is 5.58. The lowest BCUT2D eigenvalue weighted by Gasteiger charge is -2.23. The van der Waals surface area contributed by atoms with Crippen LogP contribution < -0.4 is 0 Å². The Labute approximate surface area is 152 Å². The number of pyridine rings is 2. The summed E-state index contributed by atoms with van der Waals surface area (Å²) >= 11 is 0. The second-order valence-corrected chi connectivity index (χ2v) is 8.51. The summed E-state index contributed by atoms with van der Waals surface area (Å²) in [7, 11) is 0. The molecule has 0 bridgehead atoms. The van der Waals surface area contributed by atoms with Crippen LogP contribution in [0.4, 0.5) is 0 Å². The quantitative estimate of drug-likeness (QED) is 0.596. The van der Waals surface area contributed by atoms with Gasteiger partial charge in [0, 0.05) is 45.6 Å². The van der Waals surface area contributed by atoms with Crippen LogP contribution in [0.25, 0.3) is 21.8 Å². The van der Waals surface area contributed by atoms with E-state index < -0.39 is 0 Å². The summed E-state index contributed by atoms with van der Waals surface area (Å²) in [5.74, 6) is 0.895. The van der Waals surface area contributed by atoms with Crippen LogP contribution in [-0.2, 0) is 17.3 Å². The van der Waals surface area contributed by atoms with Gasteiger partial charge < -0.3 is 4.52 Å². The van der Waals surface area contributed by atoms with Crippen LogP contribution in [0.15, 0.2) is 35.2 Å². The SMILES string of the molecule is CC(C)(C)c1onc2cnc(CC(C)(C)c3[nH]nc4cnccc34)cc12. The Kier molecular flexibility index (Phi) is 3.61. The van der Waals surface area contributed by atoms with Crippen molar-refractivity contribution in [1.82, 2.24) is 25.3 Å². The van der Waals surface area contributed by atoms with E-state index in [2.05, 4.69) is 66.0 Å². The number of hydrogen-bond acceptors (Lipinski definition) is 5. The van der Waals surface area contributed by atoms with Crippen molar-refractivity contribution < 1.29 is 4.52 Å². The lowest BCUT2D eigenvalue weighted by Crippen LogP contribution is -2.22. The first-order valence-corrected chi connectivity index (χ1v) is 8.79. The van der Waals surface area contributed by atoms with E-state index in [4.69, 9.17) is 4.52 Å². The van der Waals surface area contributed by atoms with Crippen molar-refractivity contribution in [2.24, 2.45) is 0 Å². The van der Waals surface area contributed by atoms with Crippen molar-refractivity contribution in [3.63, 3.8) is 0 Å². The molecular weight excluding hydrogens is 326 g/mol. The van der Waals surface area contributed by atoms with Crippen molar-refractivity contribution in [3.8, 4) is 0 Å². The summed E-state index contributed by atoms with van der Waals surface area (Å²) in [6.45, 7) is 10.8. The largest absolute Gasteiger partial charge is 0.360 e. The third-order valence-electron chi connectivity index (χ3n) is 4.76. The monoisotopic (exact) mass is 349 g/mol. The molecule has 4 heterocycles. The summed E-state index contributed by atoms with van der Waals surface area (Å²) in [4.78, 5) is 8.75. The van der Waals surface area contributed by atoms with Gasteiger partial charge in [-0.2, -0.15) is 5.10 Å². The highest BCUT2D eigenvalue weighted by Gasteiger charge is 2.28. The number of rotatable bonds is 3. The summed E-state index contributed by atoms with van der Waals surface area (Å²) in [6, 6.07) is 4.11. The van der Waals surface area contributed by atoms with Gasteiger partial charge in [-0.1, -0.05) is 39.8 Å². The van der Waals surface area contributed by atoms with Gasteiger partial charge in [-0.3, -0.25) is 15.1 Å². The number of nitrogens with one attached hydrogen (secondary N) is 1. The smallest absolute Gasteiger partial charge is 0.150 e. The van der Waals surface area contributed by atoms with E-state index in [9.17, 15) is 0 Å². The van der Waals surface area contributed by atoms with Gasteiger partial charge in [-0.25, -0.2) is 0 Å². The Bertz CT molecular complexity index is 1080. The van der Waals surface area contributed by atoms with Crippen LogP contribution in [0, 0.1) is 0 Å². The number of H-pyrrole nitrogens is 1. The minimum atomic E-state index is -0.157.